The van der Waals surface area contributed by atoms with Gasteiger partial charge in [-0.2, -0.15) is 0 Å². The number of methoxy groups -OCH3 is 2. The van der Waals surface area contributed by atoms with Gasteiger partial charge in [0.1, 0.15) is 0 Å². The molecule has 0 saturated heterocycles. The van der Waals surface area contributed by atoms with E-state index in [2.05, 4.69) is 19.7 Å². The number of carboxylic acid groups (broad SMARTS) is 1. The van der Waals surface area contributed by atoms with Gasteiger partial charge in [-0.3, -0.25) is 0 Å². The number of rotatable bonds is 3. The lowest BCUT2D eigenvalue weighted by Gasteiger charge is -2.07. The summed E-state index contributed by atoms with van der Waals surface area (Å²) in [6, 6.07) is 1.18. The second-order valence-electron chi connectivity index (χ2n) is 2.10. The fourth-order valence-electron chi connectivity index (χ4n) is 0.759. The van der Waals surface area contributed by atoms with E-state index in [1.807, 2.05) is 0 Å². The molecular weight excluding hydrogens is 176 g/mol. The lowest BCUT2D eigenvalue weighted by atomic mass is 10.3. The second kappa shape index (κ2) is 3.70. The van der Waals surface area contributed by atoms with E-state index >= 15 is 0 Å². The molecule has 0 amide bonds. The number of carboxylic acids is 1. The lowest BCUT2D eigenvalue weighted by Crippen LogP contribution is -2.23. The van der Waals surface area contributed by atoms with Crippen LogP contribution < -0.4 is 14.6 Å². The average molecular weight is 183 g/mol. The number of nitrogens with zero attached hydrogens (tertiary/aromatic N) is 2. The van der Waals surface area contributed by atoms with Gasteiger partial charge in [-0.15, -0.1) is 10.2 Å². The third kappa shape index (κ3) is 1.84. The first-order valence-corrected chi connectivity index (χ1v) is 3.36. The van der Waals surface area contributed by atoms with Gasteiger partial charge < -0.3 is 19.4 Å². The molecule has 1 rings (SSSR count). The minimum atomic E-state index is -1.38. The molecular formula is C7H7N2O4-. The van der Waals surface area contributed by atoms with E-state index in [0.717, 1.165) is 0 Å². The standard InChI is InChI=1S/C7H8N2O4/c1-12-5-3-4(7(10)11)6(13-2)9-8-5/h3H,1-2H3,(H,10,11)/p-1. The van der Waals surface area contributed by atoms with Gasteiger partial charge in [0, 0.05) is 6.07 Å². The summed E-state index contributed by atoms with van der Waals surface area (Å²) in [6.45, 7) is 0. The van der Waals surface area contributed by atoms with Crippen molar-refractivity contribution in [2.75, 3.05) is 14.2 Å². The summed E-state index contributed by atoms with van der Waals surface area (Å²) in [7, 11) is 2.65. The first kappa shape index (κ1) is 9.24. The molecule has 1 heterocycles. The third-order valence-corrected chi connectivity index (χ3v) is 1.36. The molecule has 0 unspecified atom stereocenters. The maximum atomic E-state index is 10.5. The van der Waals surface area contributed by atoms with Crippen LogP contribution in [-0.4, -0.2) is 30.4 Å². The highest BCUT2D eigenvalue weighted by Crippen LogP contribution is 2.16. The number of carbonyl (C=O) groups is 1. The summed E-state index contributed by atoms with van der Waals surface area (Å²) in [5, 5.41) is 17.5. The highest BCUT2D eigenvalue weighted by molar-refractivity contribution is 5.88. The monoisotopic (exact) mass is 183 g/mol. The lowest BCUT2D eigenvalue weighted by molar-refractivity contribution is -0.255. The van der Waals surface area contributed by atoms with Crippen molar-refractivity contribution in [2.45, 2.75) is 0 Å². The Balaban J connectivity index is 3.18. The summed E-state index contributed by atoms with van der Waals surface area (Å²) in [6.07, 6.45) is 0. The summed E-state index contributed by atoms with van der Waals surface area (Å²) >= 11 is 0. The first-order valence-electron chi connectivity index (χ1n) is 3.36. The normalized spacial score (nSPS) is 9.38. The fraction of sp³-hybridized carbons (Fsp3) is 0.286. The number of hydrogen-bond donors (Lipinski definition) is 0. The van der Waals surface area contributed by atoms with Crippen molar-refractivity contribution in [3.8, 4) is 11.8 Å². The zero-order valence-electron chi connectivity index (χ0n) is 7.10. The molecule has 0 saturated carbocycles. The van der Waals surface area contributed by atoms with Crippen molar-refractivity contribution >= 4 is 5.97 Å². The van der Waals surface area contributed by atoms with Crippen molar-refractivity contribution in [1.29, 1.82) is 0 Å². The van der Waals surface area contributed by atoms with Crippen molar-refractivity contribution in [3.05, 3.63) is 11.6 Å². The second-order valence-corrected chi connectivity index (χ2v) is 2.10. The molecule has 0 aliphatic heterocycles. The van der Waals surface area contributed by atoms with E-state index in [1.165, 1.54) is 20.3 Å². The van der Waals surface area contributed by atoms with E-state index in [0.29, 0.717) is 0 Å². The summed E-state index contributed by atoms with van der Waals surface area (Å²) < 4.78 is 9.34. The van der Waals surface area contributed by atoms with Gasteiger partial charge in [-0.05, 0) is 0 Å². The molecule has 0 spiro atoms. The predicted octanol–water partition coefficient (Wildman–Crippen LogP) is -1.14. The molecule has 0 atom stereocenters. The molecule has 0 radical (unpaired) electrons. The Morgan fingerprint density at radius 1 is 1.38 bits per heavy atom. The fourth-order valence-corrected chi connectivity index (χ4v) is 0.759. The van der Waals surface area contributed by atoms with Gasteiger partial charge in [-0.25, -0.2) is 0 Å². The Labute approximate surface area is 74.1 Å². The van der Waals surface area contributed by atoms with Crippen LogP contribution in [0, 0.1) is 0 Å². The van der Waals surface area contributed by atoms with Crippen molar-refractivity contribution in [3.63, 3.8) is 0 Å². The number of aromatic nitrogens is 2. The van der Waals surface area contributed by atoms with E-state index in [1.54, 1.807) is 0 Å². The largest absolute Gasteiger partial charge is 0.545 e. The zero-order chi connectivity index (χ0) is 9.84. The van der Waals surface area contributed by atoms with E-state index in [-0.39, 0.29) is 17.3 Å². The Kier molecular flexibility index (Phi) is 2.63. The third-order valence-electron chi connectivity index (χ3n) is 1.36. The van der Waals surface area contributed by atoms with E-state index in [4.69, 9.17) is 0 Å². The zero-order valence-corrected chi connectivity index (χ0v) is 7.10. The van der Waals surface area contributed by atoms with Gasteiger partial charge >= 0.3 is 0 Å². The molecule has 0 aromatic carbocycles. The van der Waals surface area contributed by atoms with Gasteiger partial charge in [-0.1, -0.05) is 0 Å². The van der Waals surface area contributed by atoms with E-state index < -0.39 is 5.97 Å². The van der Waals surface area contributed by atoms with Crippen LogP contribution in [0.15, 0.2) is 6.07 Å². The summed E-state index contributed by atoms with van der Waals surface area (Å²) in [5.41, 5.74) is -0.186. The van der Waals surface area contributed by atoms with Crippen LogP contribution in [0.3, 0.4) is 0 Å². The van der Waals surface area contributed by atoms with Gasteiger partial charge in [0.15, 0.2) is 0 Å². The molecule has 0 aliphatic carbocycles. The number of ether oxygens (including phenoxy) is 2. The van der Waals surface area contributed by atoms with Crippen LogP contribution in [-0.2, 0) is 0 Å². The van der Waals surface area contributed by atoms with Crippen molar-refractivity contribution in [1.82, 2.24) is 10.2 Å². The maximum absolute atomic E-state index is 10.5. The summed E-state index contributed by atoms with van der Waals surface area (Å²) in [5.74, 6) is -1.38. The maximum Gasteiger partial charge on any atom is 0.242 e. The van der Waals surface area contributed by atoms with Crippen LogP contribution in [0.2, 0.25) is 0 Å². The van der Waals surface area contributed by atoms with Crippen molar-refractivity contribution < 1.29 is 19.4 Å². The number of aromatic carboxylic acids is 1. The molecule has 0 N–H and O–H groups in total. The quantitative estimate of drug-likeness (QED) is 0.588. The van der Waals surface area contributed by atoms with Crippen LogP contribution in [0.5, 0.6) is 11.8 Å². The molecule has 1 aromatic rings. The predicted molar refractivity (Wildman–Crippen MR) is 39.5 cm³/mol. The highest BCUT2D eigenvalue weighted by Gasteiger charge is 2.08. The smallest absolute Gasteiger partial charge is 0.242 e. The molecule has 0 bridgehead atoms. The van der Waals surface area contributed by atoms with Gasteiger partial charge in [0.05, 0.1) is 25.8 Å². The minimum Gasteiger partial charge on any atom is -0.545 e. The van der Waals surface area contributed by atoms with E-state index in [9.17, 15) is 9.90 Å². The molecule has 0 fully saturated rings. The van der Waals surface area contributed by atoms with Crippen LogP contribution >= 0.6 is 0 Å². The Bertz CT molecular complexity index is 326. The SMILES string of the molecule is COc1cc(C(=O)[O-])c(OC)nn1. The first-order chi connectivity index (χ1) is 6.19. The molecule has 6 heteroatoms. The number of hydrogen-bond acceptors (Lipinski definition) is 6. The van der Waals surface area contributed by atoms with Gasteiger partial charge in [0.2, 0.25) is 11.8 Å². The van der Waals surface area contributed by atoms with Crippen LogP contribution in [0.1, 0.15) is 10.4 Å². The Morgan fingerprint density at radius 3 is 2.54 bits per heavy atom. The molecule has 70 valence electrons. The van der Waals surface area contributed by atoms with Crippen LogP contribution in [0.25, 0.3) is 0 Å². The Hall–Kier alpha value is -1.85. The van der Waals surface area contributed by atoms with Crippen molar-refractivity contribution in [2.24, 2.45) is 0 Å². The van der Waals surface area contributed by atoms with Crippen LogP contribution in [0.4, 0.5) is 0 Å². The van der Waals surface area contributed by atoms with Gasteiger partial charge in [0.25, 0.3) is 0 Å². The Morgan fingerprint density at radius 2 is 2.08 bits per heavy atom. The topological polar surface area (TPSA) is 84.4 Å². The average Bonchev–Trinajstić information content (AvgIpc) is 2.16. The molecule has 0 aliphatic rings. The molecule has 13 heavy (non-hydrogen) atoms. The molecule has 1 aromatic heterocycles. The highest BCUT2D eigenvalue weighted by atomic mass is 16.5. The minimum absolute atomic E-state index is 0.0965. The number of carbonyl (C=O) groups excluding carboxylic acids is 1. The summed E-state index contributed by atoms with van der Waals surface area (Å²) in [4.78, 5) is 10.5. The molecule has 6 nitrogen and oxygen atoms in total.